The van der Waals surface area contributed by atoms with E-state index in [2.05, 4.69) is 0 Å². The van der Waals surface area contributed by atoms with E-state index < -0.39 is 28.5 Å². The van der Waals surface area contributed by atoms with Crippen molar-refractivity contribution in [2.45, 2.75) is 13.0 Å². The van der Waals surface area contributed by atoms with E-state index in [9.17, 15) is 19.7 Å². The summed E-state index contributed by atoms with van der Waals surface area (Å²) in [6.07, 6.45) is -1.15. The Morgan fingerprint density at radius 2 is 1.74 bits per heavy atom. The molecule has 0 fully saturated rings. The number of Topliss-reactive ketones (excluding diaryl/α,β-unsaturated/α-hetero) is 1. The minimum atomic E-state index is -1.15. The van der Waals surface area contributed by atoms with Gasteiger partial charge in [-0.15, -0.1) is 0 Å². The van der Waals surface area contributed by atoms with E-state index in [1.807, 2.05) is 0 Å². The van der Waals surface area contributed by atoms with Crippen LogP contribution in [0.1, 0.15) is 27.6 Å². The zero-order valence-corrected chi connectivity index (χ0v) is 14.9. The number of ether oxygens (including phenoxy) is 3. The number of nitro groups is 1. The van der Waals surface area contributed by atoms with Gasteiger partial charge in [-0.05, 0) is 31.2 Å². The molecule has 2 aromatic carbocycles. The molecule has 1 unspecified atom stereocenters. The molecule has 2 aromatic rings. The number of nitrogens with zero attached hydrogens (tertiary/aromatic N) is 1. The van der Waals surface area contributed by atoms with Gasteiger partial charge in [0.1, 0.15) is 18.8 Å². The molecule has 1 aliphatic heterocycles. The molecule has 27 heavy (non-hydrogen) atoms. The lowest BCUT2D eigenvalue weighted by atomic mass is 10.1. The Morgan fingerprint density at radius 1 is 1.15 bits per heavy atom. The Bertz CT molecular complexity index is 911. The maximum Gasteiger partial charge on any atom is 0.346 e. The topological polar surface area (TPSA) is 105 Å². The van der Waals surface area contributed by atoms with Crippen molar-refractivity contribution in [2.75, 3.05) is 13.2 Å². The van der Waals surface area contributed by atoms with Crippen molar-refractivity contribution in [1.82, 2.24) is 0 Å². The second-order valence-electron chi connectivity index (χ2n) is 5.69. The molecule has 0 spiro atoms. The third-order valence-electron chi connectivity index (χ3n) is 3.86. The molecule has 8 nitrogen and oxygen atoms in total. The Morgan fingerprint density at radius 3 is 2.33 bits per heavy atom. The molecule has 1 atom stereocenters. The Balaban J connectivity index is 1.83. The first-order chi connectivity index (χ1) is 12.9. The highest BCUT2D eigenvalue weighted by Gasteiger charge is 2.29. The van der Waals surface area contributed by atoms with Crippen LogP contribution in [0.15, 0.2) is 36.4 Å². The highest BCUT2D eigenvalue weighted by atomic mass is 35.5. The third-order valence-corrected chi connectivity index (χ3v) is 4.11. The van der Waals surface area contributed by atoms with Crippen LogP contribution in [0, 0.1) is 10.1 Å². The number of halogens is 1. The van der Waals surface area contributed by atoms with Crippen LogP contribution in [0.5, 0.6) is 11.5 Å². The number of hydrogen-bond donors (Lipinski definition) is 0. The molecule has 0 amide bonds. The Labute approximate surface area is 158 Å². The second-order valence-corrected chi connectivity index (χ2v) is 6.13. The predicted octanol–water partition coefficient (Wildman–Crippen LogP) is 3.45. The van der Waals surface area contributed by atoms with Gasteiger partial charge >= 0.3 is 5.97 Å². The van der Waals surface area contributed by atoms with E-state index >= 15 is 0 Å². The average Bonchev–Trinajstić information content (AvgIpc) is 2.66. The lowest BCUT2D eigenvalue weighted by Gasteiger charge is -2.19. The first-order valence-corrected chi connectivity index (χ1v) is 8.33. The van der Waals surface area contributed by atoms with Crippen molar-refractivity contribution in [3.05, 3.63) is 62.7 Å². The molecule has 1 heterocycles. The number of hydrogen-bond acceptors (Lipinski definition) is 7. The van der Waals surface area contributed by atoms with Crippen LogP contribution >= 0.6 is 11.6 Å². The van der Waals surface area contributed by atoms with Gasteiger partial charge in [-0.25, -0.2) is 4.79 Å². The fraction of sp³-hybridized carbons (Fsp3) is 0.222. The quantitative estimate of drug-likeness (QED) is 0.332. The summed E-state index contributed by atoms with van der Waals surface area (Å²) in [7, 11) is 0. The molecule has 0 aliphatic carbocycles. The van der Waals surface area contributed by atoms with Gasteiger partial charge in [-0.3, -0.25) is 14.9 Å². The zero-order valence-electron chi connectivity index (χ0n) is 14.1. The molecular weight excluding hydrogens is 378 g/mol. The number of nitro benzene ring substituents is 1. The molecule has 0 saturated heterocycles. The van der Waals surface area contributed by atoms with E-state index in [0.717, 1.165) is 6.07 Å². The van der Waals surface area contributed by atoms with E-state index in [-0.39, 0.29) is 30.3 Å². The van der Waals surface area contributed by atoms with Crippen LogP contribution in [0.4, 0.5) is 5.69 Å². The van der Waals surface area contributed by atoms with Crippen LogP contribution in [-0.4, -0.2) is 36.0 Å². The maximum atomic E-state index is 12.5. The summed E-state index contributed by atoms with van der Waals surface area (Å²) in [6.45, 7) is 1.89. The number of esters is 1. The minimum absolute atomic E-state index is 0.176. The fourth-order valence-electron chi connectivity index (χ4n) is 2.52. The van der Waals surface area contributed by atoms with E-state index in [4.69, 9.17) is 25.8 Å². The molecule has 0 saturated carbocycles. The summed E-state index contributed by atoms with van der Waals surface area (Å²) in [4.78, 5) is 35.4. The van der Waals surface area contributed by atoms with Crippen LogP contribution in [0.2, 0.25) is 5.02 Å². The van der Waals surface area contributed by atoms with Crippen molar-refractivity contribution in [1.29, 1.82) is 0 Å². The van der Waals surface area contributed by atoms with Gasteiger partial charge in [0.25, 0.3) is 5.69 Å². The average molecular weight is 392 g/mol. The summed E-state index contributed by atoms with van der Waals surface area (Å²) < 4.78 is 15.8. The first kappa shape index (κ1) is 18.7. The standard InChI is InChI=1S/C18H14ClNO7/c1-10(17(21)11-2-4-12(19)5-3-11)27-18(22)13-8-15-16(26-7-6-25-15)9-14(13)20(23)24/h2-5,8-10H,6-7H2,1H3. The van der Waals surface area contributed by atoms with Crippen molar-refractivity contribution in [3.63, 3.8) is 0 Å². The van der Waals surface area contributed by atoms with Crippen LogP contribution in [0.3, 0.4) is 0 Å². The normalized spacial score (nSPS) is 13.6. The smallest absolute Gasteiger partial charge is 0.346 e. The van der Waals surface area contributed by atoms with Crippen LogP contribution < -0.4 is 9.47 Å². The number of carbonyl (C=O) groups is 2. The molecular formula is C18H14ClNO7. The van der Waals surface area contributed by atoms with Gasteiger partial charge in [0.2, 0.25) is 5.78 Å². The first-order valence-electron chi connectivity index (χ1n) is 7.95. The van der Waals surface area contributed by atoms with Crippen molar-refractivity contribution >= 4 is 29.0 Å². The van der Waals surface area contributed by atoms with Crippen molar-refractivity contribution in [2.24, 2.45) is 0 Å². The van der Waals surface area contributed by atoms with Gasteiger partial charge in [0.15, 0.2) is 17.6 Å². The molecule has 3 rings (SSSR count). The number of ketones is 1. The Kier molecular flexibility index (Phi) is 5.27. The second kappa shape index (κ2) is 7.63. The van der Waals surface area contributed by atoms with E-state index in [1.165, 1.54) is 37.3 Å². The van der Waals surface area contributed by atoms with Gasteiger partial charge in [0, 0.05) is 16.7 Å². The summed E-state index contributed by atoms with van der Waals surface area (Å²) in [5.74, 6) is -1.08. The number of carbonyl (C=O) groups excluding carboxylic acids is 2. The Hall–Kier alpha value is -3.13. The summed E-state index contributed by atoms with van der Waals surface area (Å²) in [5.41, 5.74) is -0.508. The van der Waals surface area contributed by atoms with Gasteiger partial charge in [-0.1, -0.05) is 11.6 Å². The van der Waals surface area contributed by atoms with Crippen molar-refractivity contribution in [3.8, 4) is 11.5 Å². The van der Waals surface area contributed by atoms with Gasteiger partial charge < -0.3 is 14.2 Å². The SMILES string of the molecule is CC(OC(=O)c1cc2c(cc1[N+](=O)[O-])OCCO2)C(=O)c1ccc(Cl)cc1. The monoisotopic (exact) mass is 391 g/mol. The fourth-order valence-corrected chi connectivity index (χ4v) is 2.65. The lowest BCUT2D eigenvalue weighted by molar-refractivity contribution is -0.385. The highest BCUT2D eigenvalue weighted by molar-refractivity contribution is 6.30. The molecule has 0 radical (unpaired) electrons. The minimum Gasteiger partial charge on any atom is -0.486 e. The molecule has 0 bridgehead atoms. The molecule has 140 valence electrons. The molecule has 0 N–H and O–H groups in total. The zero-order chi connectivity index (χ0) is 19.6. The lowest BCUT2D eigenvalue weighted by Crippen LogP contribution is -2.25. The van der Waals surface area contributed by atoms with Crippen LogP contribution in [-0.2, 0) is 4.74 Å². The third kappa shape index (κ3) is 4.01. The highest BCUT2D eigenvalue weighted by Crippen LogP contribution is 2.37. The number of benzene rings is 2. The number of rotatable bonds is 5. The predicted molar refractivity (Wildman–Crippen MR) is 94.7 cm³/mol. The summed E-state index contributed by atoms with van der Waals surface area (Å²) in [6, 6.07) is 8.37. The maximum absolute atomic E-state index is 12.5. The summed E-state index contributed by atoms with van der Waals surface area (Å²) >= 11 is 5.78. The van der Waals surface area contributed by atoms with E-state index in [0.29, 0.717) is 10.6 Å². The molecule has 0 aromatic heterocycles. The van der Waals surface area contributed by atoms with E-state index in [1.54, 1.807) is 0 Å². The molecule has 9 heteroatoms. The van der Waals surface area contributed by atoms with Gasteiger partial charge in [0.05, 0.1) is 11.0 Å². The van der Waals surface area contributed by atoms with Gasteiger partial charge in [-0.2, -0.15) is 0 Å². The largest absolute Gasteiger partial charge is 0.486 e. The van der Waals surface area contributed by atoms with Crippen molar-refractivity contribution < 1.29 is 28.7 Å². The number of fused-ring (bicyclic) bond motifs is 1. The van der Waals surface area contributed by atoms with Crippen LogP contribution in [0.25, 0.3) is 0 Å². The molecule has 1 aliphatic rings. The summed E-state index contributed by atoms with van der Waals surface area (Å²) in [5, 5.41) is 11.8.